The molecule has 2 aromatic rings. The first-order valence-electron chi connectivity index (χ1n) is 6.84. The monoisotopic (exact) mass is 274 g/mol. The third-order valence-corrected chi connectivity index (χ3v) is 3.21. The zero-order valence-electron chi connectivity index (χ0n) is 12.6. The van der Waals surface area contributed by atoms with Crippen molar-refractivity contribution in [3.63, 3.8) is 0 Å². The number of anilines is 1. The molecule has 1 heterocycles. The van der Waals surface area contributed by atoms with Gasteiger partial charge < -0.3 is 14.7 Å². The van der Waals surface area contributed by atoms with Crippen LogP contribution in [-0.2, 0) is 0 Å². The first kappa shape index (κ1) is 14.6. The normalized spacial score (nSPS) is 11.7. The fourth-order valence-corrected chi connectivity index (χ4v) is 2.31. The van der Waals surface area contributed by atoms with Crippen LogP contribution < -0.4 is 9.64 Å². The number of hydrogen-bond acceptors (Lipinski definition) is 4. The number of rotatable bonds is 5. The van der Waals surface area contributed by atoms with E-state index in [9.17, 15) is 5.11 Å². The van der Waals surface area contributed by atoms with Crippen molar-refractivity contribution < 1.29 is 9.84 Å². The van der Waals surface area contributed by atoms with Gasteiger partial charge in [-0.2, -0.15) is 0 Å². The second-order valence-corrected chi connectivity index (χ2v) is 5.55. The smallest absolute Gasteiger partial charge is 0.136 e. The molecular formula is C16H22N2O2. The molecule has 1 aromatic heterocycles. The number of aliphatic hydroxyl groups is 1. The van der Waals surface area contributed by atoms with Crippen molar-refractivity contribution in [3.05, 3.63) is 30.5 Å². The molecule has 0 spiro atoms. The molecule has 4 heteroatoms. The summed E-state index contributed by atoms with van der Waals surface area (Å²) in [6, 6.07) is 7.94. The van der Waals surface area contributed by atoms with Crippen molar-refractivity contribution in [1.29, 1.82) is 0 Å². The molecule has 1 aromatic carbocycles. The van der Waals surface area contributed by atoms with E-state index in [0.29, 0.717) is 6.54 Å². The summed E-state index contributed by atoms with van der Waals surface area (Å²) in [5, 5.41) is 12.2. The highest BCUT2D eigenvalue weighted by Gasteiger charge is 2.20. The molecule has 20 heavy (non-hydrogen) atoms. The van der Waals surface area contributed by atoms with Crippen molar-refractivity contribution in [2.24, 2.45) is 0 Å². The van der Waals surface area contributed by atoms with Crippen LogP contribution in [0.15, 0.2) is 30.5 Å². The number of nitrogens with zero attached hydrogens (tertiary/aromatic N) is 2. The zero-order valence-corrected chi connectivity index (χ0v) is 12.6. The SMILES string of the molecule is CCN(CC(C)(C)O)c1nccc2ccc(OC)cc12. The molecule has 108 valence electrons. The molecule has 0 aliphatic carbocycles. The molecule has 1 N–H and O–H groups in total. The van der Waals surface area contributed by atoms with Gasteiger partial charge in [0.1, 0.15) is 11.6 Å². The van der Waals surface area contributed by atoms with Crippen LogP contribution in [0.2, 0.25) is 0 Å². The Morgan fingerprint density at radius 2 is 2.05 bits per heavy atom. The summed E-state index contributed by atoms with van der Waals surface area (Å²) in [4.78, 5) is 6.58. The van der Waals surface area contributed by atoms with Gasteiger partial charge in [0.05, 0.1) is 12.7 Å². The van der Waals surface area contributed by atoms with Crippen LogP contribution >= 0.6 is 0 Å². The van der Waals surface area contributed by atoms with E-state index >= 15 is 0 Å². The first-order valence-corrected chi connectivity index (χ1v) is 6.84. The Hall–Kier alpha value is -1.81. The highest BCUT2D eigenvalue weighted by molar-refractivity contribution is 5.93. The van der Waals surface area contributed by atoms with E-state index in [1.807, 2.05) is 24.3 Å². The largest absolute Gasteiger partial charge is 0.497 e. The molecule has 0 fully saturated rings. The van der Waals surface area contributed by atoms with Gasteiger partial charge in [0, 0.05) is 24.7 Å². The molecule has 0 aliphatic rings. The fourth-order valence-electron chi connectivity index (χ4n) is 2.31. The summed E-state index contributed by atoms with van der Waals surface area (Å²) in [6.45, 7) is 7.00. The van der Waals surface area contributed by atoms with E-state index in [2.05, 4.69) is 16.8 Å². The third-order valence-electron chi connectivity index (χ3n) is 3.21. The number of fused-ring (bicyclic) bond motifs is 1. The van der Waals surface area contributed by atoms with Crippen LogP contribution in [0.25, 0.3) is 10.8 Å². The number of aromatic nitrogens is 1. The minimum Gasteiger partial charge on any atom is -0.497 e. The summed E-state index contributed by atoms with van der Waals surface area (Å²) in [5.41, 5.74) is -0.765. The third kappa shape index (κ3) is 3.20. The van der Waals surface area contributed by atoms with Gasteiger partial charge in [0.25, 0.3) is 0 Å². The quantitative estimate of drug-likeness (QED) is 0.910. The highest BCUT2D eigenvalue weighted by atomic mass is 16.5. The molecule has 0 saturated carbocycles. The van der Waals surface area contributed by atoms with Crippen LogP contribution in [0, 0.1) is 0 Å². The fraction of sp³-hybridized carbons (Fsp3) is 0.438. The predicted octanol–water partition coefficient (Wildman–Crippen LogP) is 2.84. The zero-order chi connectivity index (χ0) is 14.8. The number of ether oxygens (including phenoxy) is 1. The van der Waals surface area contributed by atoms with Crippen molar-refractivity contribution in [2.75, 3.05) is 25.1 Å². The minimum absolute atomic E-state index is 0.535. The molecular weight excluding hydrogens is 252 g/mol. The Kier molecular flexibility index (Phi) is 4.14. The minimum atomic E-state index is -0.765. The van der Waals surface area contributed by atoms with Gasteiger partial charge in [0.15, 0.2) is 0 Å². The summed E-state index contributed by atoms with van der Waals surface area (Å²) in [6.07, 6.45) is 1.80. The predicted molar refractivity (Wildman–Crippen MR) is 82.5 cm³/mol. The van der Waals surface area contributed by atoms with Gasteiger partial charge in [-0.3, -0.25) is 0 Å². The highest BCUT2D eigenvalue weighted by Crippen LogP contribution is 2.28. The number of benzene rings is 1. The molecule has 0 saturated heterocycles. The van der Waals surface area contributed by atoms with Crippen LogP contribution in [0.4, 0.5) is 5.82 Å². The maximum absolute atomic E-state index is 10.1. The number of pyridine rings is 1. The average Bonchev–Trinajstić information content (AvgIpc) is 2.42. The van der Waals surface area contributed by atoms with Gasteiger partial charge in [0.2, 0.25) is 0 Å². The van der Waals surface area contributed by atoms with Gasteiger partial charge >= 0.3 is 0 Å². The van der Waals surface area contributed by atoms with Crippen LogP contribution in [0.1, 0.15) is 20.8 Å². The van der Waals surface area contributed by atoms with Crippen molar-refractivity contribution in [1.82, 2.24) is 4.98 Å². The summed E-state index contributed by atoms with van der Waals surface area (Å²) in [7, 11) is 1.66. The molecule has 0 unspecified atom stereocenters. The number of likely N-dealkylation sites (N-methyl/N-ethyl adjacent to an activating group) is 1. The molecule has 4 nitrogen and oxygen atoms in total. The standard InChI is InChI=1S/C16H22N2O2/c1-5-18(11-16(2,3)19)15-14-10-13(20-4)7-6-12(14)8-9-17-15/h6-10,19H,5,11H2,1-4H3. The van der Waals surface area contributed by atoms with E-state index in [-0.39, 0.29) is 0 Å². The molecule has 0 amide bonds. The topological polar surface area (TPSA) is 45.6 Å². The molecule has 0 bridgehead atoms. The van der Waals surface area contributed by atoms with Crippen molar-refractivity contribution in [2.45, 2.75) is 26.4 Å². The maximum atomic E-state index is 10.1. The summed E-state index contributed by atoms with van der Waals surface area (Å²) < 4.78 is 5.30. The van der Waals surface area contributed by atoms with E-state index in [4.69, 9.17) is 4.74 Å². The van der Waals surface area contributed by atoms with Gasteiger partial charge in [-0.05, 0) is 44.4 Å². The number of hydrogen-bond donors (Lipinski definition) is 1. The van der Waals surface area contributed by atoms with Crippen molar-refractivity contribution in [3.8, 4) is 5.75 Å². The van der Waals surface area contributed by atoms with Crippen LogP contribution in [0.5, 0.6) is 5.75 Å². The van der Waals surface area contributed by atoms with E-state index in [1.54, 1.807) is 27.2 Å². The maximum Gasteiger partial charge on any atom is 0.136 e. The molecule has 0 radical (unpaired) electrons. The van der Waals surface area contributed by atoms with E-state index in [1.165, 1.54) is 0 Å². The van der Waals surface area contributed by atoms with Crippen LogP contribution in [-0.4, -0.2) is 35.9 Å². The Labute approximate surface area is 120 Å². The Bertz CT molecular complexity index is 591. The van der Waals surface area contributed by atoms with Crippen LogP contribution in [0.3, 0.4) is 0 Å². The lowest BCUT2D eigenvalue weighted by Gasteiger charge is -2.29. The van der Waals surface area contributed by atoms with Gasteiger partial charge in [-0.15, -0.1) is 0 Å². The average molecular weight is 274 g/mol. The number of methoxy groups -OCH3 is 1. The second kappa shape index (κ2) is 5.67. The van der Waals surface area contributed by atoms with E-state index in [0.717, 1.165) is 28.9 Å². The lowest BCUT2D eigenvalue weighted by atomic mass is 10.1. The van der Waals surface area contributed by atoms with Crippen molar-refractivity contribution >= 4 is 16.6 Å². The Morgan fingerprint density at radius 1 is 1.30 bits per heavy atom. The molecule has 0 aliphatic heterocycles. The summed E-state index contributed by atoms with van der Waals surface area (Å²) in [5.74, 6) is 1.69. The van der Waals surface area contributed by atoms with E-state index < -0.39 is 5.60 Å². The lowest BCUT2D eigenvalue weighted by molar-refractivity contribution is 0.0875. The summed E-state index contributed by atoms with van der Waals surface area (Å²) >= 11 is 0. The van der Waals surface area contributed by atoms with Gasteiger partial charge in [-0.1, -0.05) is 6.07 Å². The van der Waals surface area contributed by atoms with Gasteiger partial charge in [-0.25, -0.2) is 4.98 Å². The Balaban J connectivity index is 2.51. The lowest BCUT2D eigenvalue weighted by Crippen LogP contribution is -2.39. The Morgan fingerprint density at radius 3 is 2.65 bits per heavy atom. The second-order valence-electron chi connectivity index (χ2n) is 5.55. The first-order chi connectivity index (χ1) is 9.44. The molecule has 0 atom stereocenters. The molecule has 2 rings (SSSR count).